The molecular weight excluding hydrogens is 324 g/mol. The molecule has 0 fully saturated rings. The summed E-state index contributed by atoms with van der Waals surface area (Å²) in [5.41, 5.74) is 7.04. The molecule has 2 rings (SSSR count). The van der Waals surface area contributed by atoms with Crippen molar-refractivity contribution < 1.29 is 4.79 Å². The van der Waals surface area contributed by atoms with Gasteiger partial charge in [0.1, 0.15) is 0 Å². The predicted molar refractivity (Wildman–Crippen MR) is 82.2 cm³/mol. The van der Waals surface area contributed by atoms with E-state index in [4.69, 9.17) is 5.73 Å². The van der Waals surface area contributed by atoms with Gasteiger partial charge in [-0.2, -0.15) is 0 Å². The van der Waals surface area contributed by atoms with Crippen molar-refractivity contribution in [1.29, 1.82) is 0 Å². The minimum Gasteiger partial charge on any atom is -0.366 e. The number of amides is 1. The van der Waals surface area contributed by atoms with Crippen molar-refractivity contribution >= 4 is 33.2 Å². The second kappa shape index (κ2) is 6.32. The van der Waals surface area contributed by atoms with E-state index in [9.17, 15) is 4.79 Å². The van der Waals surface area contributed by atoms with Crippen LogP contribution in [0.3, 0.4) is 0 Å². The molecule has 0 bridgehead atoms. The van der Waals surface area contributed by atoms with Crippen LogP contribution in [-0.2, 0) is 6.54 Å². The smallest absolute Gasteiger partial charge is 0.249 e. The highest BCUT2D eigenvalue weighted by molar-refractivity contribution is 9.10. The Morgan fingerprint density at radius 3 is 2.89 bits per heavy atom. The van der Waals surface area contributed by atoms with E-state index in [2.05, 4.69) is 40.3 Å². The Morgan fingerprint density at radius 1 is 1.47 bits per heavy atom. The number of nitrogens with one attached hydrogen (secondary N) is 1. The summed E-state index contributed by atoms with van der Waals surface area (Å²) in [6, 6.07) is 10.3. The first kappa shape index (κ1) is 14.2. The van der Waals surface area contributed by atoms with E-state index in [1.165, 1.54) is 5.56 Å². The van der Waals surface area contributed by atoms with Gasteiger partial charge < -0.3 is 11.1 Å². The number of rotatable bonds is 5. The normalized spacial score (nSPS) is 12.3. The van der Waals surface area contributed by atoms with Crippen LogP contribution in [0, 0.1) is 0 Å². The molecule has 1 aromatic heterocycles. The zero-order chi connectivity index (χ0) is 13.8. The first-order chi connectivity index (χ1) is 9.06. The van der Waals surface area contributed by atoms with E-state index in [0.717, 1.165) is 15.9 Å². The van der Waals surface area contributed by atoms with Crippen LogP contribution < -0.4 is 11.1 Å². The first-order valence-corrected chi connectivity index (χ1v) is 7.59. The molecule has 1 unspecified atom stereocenters. The Kier molecular flexibility index (Phi) is 4.74. The highest BCUT2D eigenvalue weighted by atomic mass is 79.9. The molecule has 0 aliphatic rings. The van der Waals surface area contributed by atoms with Crippen molar-refractivity contribution in [2.75, 3.05) is 0 Å². The average Bonchev–Trinajstić information content (AvgIpc) is 2.85. The Bertz CT molecular complexity index is 582. The van der Waals surface area contributed by atoms with Crippen LogP contribution in [0.15, 0.2) is 40.2 Å². The van der Waals surface area contributed by atoms with Crippen molar-refractivity contribution in [2.45, 2.75) is 19.5 Å². The van der Waals surface area contributed by atoms with E-state index < -0.39 is 0 Å². The molecule has 0 radical (unpaired) electrons. The van der Waals surface area contributed by atoms with Crippen LogP contribution >= 0.6 is 27.3 Å². The summed E-state index contributed by atoms with van der Waals surface area (Å²) in [4.78, 5) is 12.1. The van der Waals surface area contributed by atoms with E-state index in [1.807, 2.05) is 18.2 Å². The third-order valence-electron chi connectivity index (χ3n) is 2.87. The second-order valence-electron chi connectivity index (χ2n) is 4.32. The van der Waals surface area contributed by atoms with Crippen LogP contribution in [0.2, 0.25) is 0 Å². The Labute approximate surface area is 125 Å². The zero-order valence-corrected chi connectivity index (χ0v) is 12.9. The summed E-state index contributed by atoms with van der Waals surface area (Å²) >= 11 is 5.01. The number of hydrogen-bond acceptors (Lipinski definition) is 3. The summed E-state index contributed by atoms with van der Waals surface area (Å²) in [5.74, 6) is -0.373. The molecular formula is C14H15BrN2OS. The lowest BCUT2D eigenvalue weighted by Gasteiger charge is -2.13. The Balaban J connectivity index is 1.96. The number of halogens is 1. The summed E-state index contributed by atoms with van der Waals surface area (Å²) in [7, 11) is 0. The molecule has 1 heterocycles. The maximum atomic E-state index is 11.0. The molecule has 1 atom stereocenters. The van der Waals surface area contributed by atoms with Gasteiger partial charge in [0.05, 0.1) is 5.56 Å². The molecule has 0 spiro atoms. The largest absolute Gasteiger partial charge is 0.366 e. The van der Waals surface area contributed by atoms with Gasteiger partial charge in [-0.3, -0.25) is 4.79 Å². The van der Waals surface area contributed by atoms with E-state index in [1.54, 1.807) is 16.7 Å². The third-order valence-corrected chi connectivity index (χ3v) is 4.30. The van der Waals surface area contributed by atoms with Gasteiger partial charge in [0.15, 0.2) is 0 Å². The Morgan fingerprint density at radius 2 is 2.26 bits per heavy atom. The fraction of sp³-hybridized carbons (Fsp3) is 0.214. The Hall–Kier alpha value is -1.17. The summed E-state index contributed by atoms with van der Waals surface area (Å²) in [6.45, 7) is 2.84. The van der Waals surface area contributed by atoms with Crippen molar-refractivity contribution in [3.05, 3.63) is 56.2 Å². The van der Waals surface area contributed by atoms with Gasteiger partial charge in [-0.1, -0.05) is 28.1 Å². The highest BCUT2D eigenvalue weighted by Crippen LogP contribution is 2.19. The molecule has 2 aromatic rings. The molecule has 3 nitrogen and oxygen atoms in total. The number of benzene rings is 1. The quantitative estimate of drug-likeness (QED) is 0.877. The number of hydrogen-bond donors (Lipinski definition) is 2. The van der Waals surface area contributed by atoms with Gasteiger partial charge in [0.2, 0.25) is 5.91 Å². The minimum absolute atomic E-state index is 0.247. The van der Waals surface area contributed by atoms with E-state index in [-0.39, 0.29) is 11.9 Å². The van der Waals surface area contributed by atoms with Crippen LogP contribution in [0.4, 0.5) is 0 Å². The lowest BCUT2D eigenvalue weighted by molar-refractivity contribution is 0.100. The lowest BCUT2D eigenvalue weighted by atomic mass is 10.1. The predicted octanol–water partition coefficient (Wildman–Crippen LogP) is 3.46. The fourth-order valence-electron chi connectivity index (χ4n) is 1.75. The molecule has 19 heavy (non-hydrogen) atoms. The standard InChI is InChI=1S/C14H15BrN2OS/c1-9(10-3-2-4-12(15)5-10)17-7-13-6-11(8-19-13)14(16)18/h2-6,8-9,17H,7H2,1H3,(H2,16,18). The second-order valence-corrected chi connectivity index (χ2v) is 6.23. The topological polar surface area (TPSA) is 55.1 Å². The van der Waals surface area contributed by atoms with Crippen molar-refractivity contribution in [3.8, 4) is 0 Å². The summed E-state index contributed by atoms with van der Waals surface area (Å²) < 4.78 is 1.07. The molecule has 1 amide bonds. The first-order valence-electron chi connectivity index (χ1n) is 5.92. The maximum Gasteiger partial charge on any atom is 0.249 e. The molecule has 0 aliphatic carbocycles. The fourth-order valence-corrected chi connectivity index (χ4v) is 2.99. The molecule has 100 valence electrons. The SMILES string of the molecule is CC(NCc1cc(C(N)=O)cs1)c1cccc(Br)c1. The molecule has 0 saturated carbocycles. The molecule has 0 saturated heterocycles. The third kappa shape index (κ3) is 3.89. The minimum atomic E-state index is -0.373. The number of thiophene rings is 1. The number of primary amides is 1. The van der Waals surface area contributed by atoms with E-state index >= 15 is 0 Å². The van der Waals surface area contributed by atoms with Gasteiger partial charge in [0, 0.05) is 27.3 Å². The van der Waals surface area contributed by atoms with Crippen LogP contribution in [0.1, 0.15) is 33.8 Å². The van der Waals surface area contributed by atoms with Crippen molar-refractivity contribution in [3.63, 3.8) is 0 Å². The lowest BCUT2D eigenvalue weighted by Crippen LogP contribution is -2.17. The summed E-state index contributed by atoms with van der Waals surface area (Å²) in [6.07, 6.45) is 0. The van der Waals surface area contributed by atoms with Crippen LogP contribution in [-0.4, -0.2) is 5.91 Å². The number of carbonyl (C=O) groups is 1. The van der Waals surface area contributed by atoms with Gasteiger partial charge in [-0.15, -0.1) is 11.3 Å². The maximum absolute atomic E-state index is 11.0. The van der Waals surface area contributed by atoms with Crippen LogP contribution in [0.25, 0.3) is 0 Å². The monoisotopic (exact) mass is 338 g/mol. The molecule has 3 N–H and O–H groups in total. The van der Waals surface area contributed by atoms with Gasteiger partial charge in [-0.05, 0) is 30.7 Å². The van der Waals surface area contributed by atoms with E-state index in [0.29, 0.717) is 5.56 Å². The van der Waals surface area contributed by atoms with Crippen molar-refractivity contribution in [2.24, 2.45) is 5.73 Å². The van der Waals surface area contributed by atoms with Gasteiger partial charge in [0.25, 0.3) is 0 Å². The zero-order valence-electron chi connectivity index (χ0n) is 10.5. The molecule has 5 heteroatoms. The number of carbonyl (C=O) groups excluding carboxylic acids is 1. The number of nitrogens with two attached hydrogens (primary N) is 1. The molecule has 1 aromatic carbocycles. The summed E-state index contributed by atoms with van der Waals surface area (Å²) in [5, 5.41) is 5.23. The van der Waals surface area contributed by atoms with Gasteiger partial charge in [-0.25, -0.2) is 0 Å². The van der Waals surface area contributed by atoms with Crippen LogP contribution in [0.5, 0.6) is 0 Å². The molecule has 0 aliphatic heterocycles. The van der Waals surface area contributed by atoms with Crippen molar-refractivity contribution in [1.82, 2.24) is 5.32 Å². The highest BCUT2D eigenvalue weighted by Gasteiger charge is 2.08. The van der Waals surface area contributed by atoms with Gasteiger partial charge >= 0.3 is 0 Å². The average molecular weight is 339 g/mol.